The highest BCUT2D eigenvalue weighted by Gasteiger charge is 2.22. The van der Waals surface area contributed by atoms with Crippen LogP contribution >= 0.6 is 11.6 Å². The summed E-state index contributed by atoms with van der Waals surface area (Å²) in [6, 6.07) is 6.22. The third-order valence-electron chi connectivity index (χ3n) is 4.92. The summed E-state index contributed by atoms with van der Waals surface area (Å²) in [6.45, 7) is 3.30. The molecule has 0 bridgehead atoms. The zero-order chi connectivity index (χ0) is 23.5. The van der Waals surface area contributed by atoms with Gasteiger partial charge in [-0.05, 0) is 31.5 Å². The fourth-order valence-corrected chi connectivity index (χ4v) is 3.41. The summed E-state index contributed by atoms with van der Waals surface area (Å²) in [4.78, 5) is 28.2. The monoisotopic (exact) mass is 473 g/mol. The van der Waals surface area contributed by atoms with Crippen molar-refractivity contribution in [2.45, 2.75) is 26.1 Å². The van der Waals surface area contributed by atoms with Crippen molar-refractivity contribution in [2.24, 2.45) is 0 Å². The van der Waals surface area contributed by atoms with Crippen molar-refractivity contribution in [1.29, 1.82) is 0 Å². The molecule has 1 unspecified atom stereocenters. The second-order valence-electron chi connectivity index (χ2n) is 7.32. The number of aliphatic hydroxyl groups excluding tert-OH is 1. The van der Waals surface area contributed by atoms with Gasteiger partial charge in [0.2, 0.25) is 0 Å². The maximum absolute atomic E-state index is 13.6. The quantitative estimate of drug-likeness (QED) is 0.304. The van der Waals surface area contributed by atoms with Crippen LogP contribution in [0.2, 0.25) is 5.02 Å². The number of benzene rings is 1. The van der Waals surface area contributed by atoms with Gasteiger partial charge in [0.05, 0.1) is 23.7 Å². The van der Waals surface area contributed by atoms with Crippen molar-refractivity contribution < 1.29 is 18.8 Å². The number of hydrogen-bond acceptors (Lipinski definition) is 8. The zero-order valence-corrected chi connectivity index (χ0v) is 18.5. The summed E-state index contributed by atoms with van der Waals surface area (Å²) < 4.78 is 19.0. The third kappa shape index (κ3) is 4.78. The molecule has 0 aliphatic heterocycles. The molecular formula is C21H21ClFN7O3. The van der Waals surface area contributed by atoms with Crippen molar-refractivity contribution in [3.05, 3.63) is 52.6 Å². The number of anilines is 1. The van der Waals surface area contributed by atoms with E-state index in [1.165, 1.54) is 13.3 Å². The molecule has 10 nitrogen and oxygen atoms in total. The highest BCUT2D eigenvalue weighted by molar-refractivity contribution is 6.35. The predicted molar refractivity (Wildman–Crippen MR) is 120 cm³/mol. The SMILES string of the molecule is CC(F)c1ccc2nc(-c3cc([C@H](C)NC(=O)c4ncnc(NCCO)c4Cl)on3)[nH]c2c1. The van der Waals surface area contributed by atoms with Crippen LogP contribution in [0.25, 0.3) is 22.6 Å². The first-order valence-electron chi connectivity index (χ1n) is 10.1. The minimum atomic E-state index is -1.09. The topological polar surface area (TPSA) is 142 Å². The summed E-state index contributed by atoms with van der Waals surface area (Å²) in [6.07, 6.45) is 0.114. The summed E-state index contributed by atoms with van der Waals surface area (Å²) in [5.74, 6) is 0.563. The standard InChI is InChI=1S/C21H21ClFN7O3/c1-10(23)12-3-4-13-14(7-12)29-19(28-13)15-8-16(33-30-15)11(2)27-21(32)18-17(22)20(24-5-6-31)26-9-25-18/h3-4,7-11,31H,5-6H2,1-2H3,(H,27,32)(H,28,29)(H,24,25,26)/t10?,11-/m0/s1. The molecule has 4 rings (SSSR count). The zero-order valence-electron chi connectivity index (χ0n) is 17.8. The Morgan fingerprint density at radius 3 is 2.88 bits per heavy atom. The van der Waals surface area contributed by atoms with Crippen LogP contribution < -0.4 is 10.6 Å². The van der Waals surface area contributed by atoms with Gasteiger partial charge in [0.25, 0.3) is 5.91 Å². The highest BCUT2D eigenvalue weighted by Crippen LogP contribution is 2.26. The van der Waals surface area contributed by atoms with Gasteiger partial charge >= 0.3 is 0 Å². The van der Waals surface area contributed by atoms with Gasteiger partial charge in [-0.2, -0.15) is 0 Å². The first-order valence-corrected chi connectivity index (χ1v) is 10.5. The molecule has 0 aliphatic carbocycles. The molecule has 0 fully saturated rings. The number of halogens is 2. The maximum atomic E-state index is 13.6. The van der Waals surface area contributed by atoms with Crippen LogP contribution in [0, 0.1) is 0 Å². The van der Waals surface area contributed by atoms with Gasteiger partial charge in [0.15, 0.2) is 17.3 Å². The predicted octanol–water partition coefficient (Wildman–Crippen LogP) is 3.59. The molecule has 12 heteroatoms. The molecule has 0 spiro atoms. The molecule has 4 aromatic rings. The van der Waals surface area contributed by atoms with E-state index in [-0.39, 0.29) is 29.7 Å². The summed E-state index contributed by atoms with van der Waals surface area (Å²) in [7, 11) is 0. The average Bonchev–Trinajstić information content (AvgIpc) is 3.45. The molecule has 172 valence electrons. The Labute approximate surface area is 192 Å². The van der Waals surface area contributed by atoms with Gasteiger partial charge in [-0.1, -0.05) is 22.8 Å². The van der Waals surface area contributed by atoms with Gasteiger partial charge in [0.1, 0.15) is 29.0 Å². The Hall–Kier alpha value is -3.57. The Kier molecular flexibility index (Phi) is 6.52. The lowest BCUT2D eigenvalue weighted by atomic mass is 10.1. The minimum Gasteiger partial charge on any atom is -0.395 e. The fourth-order valence-electron chi connectivity index (χ4n) is 3.16. The average molecular weight is 474 g/mol. The molecular weight excluding hydrogens is 453 g/mol. The van der Waals surface area contributed by atoms with E-state index in [0.717, 1.165) is 0 Å². The Balaban J connectivity index is 1.50. The number of alkyl halides is 1. The van der Waals surface area contributed by atoms with Crippen LogP contribution in [-0.4, -0.2) is 49.3 Å². The molecule has 33 heavy (non-hydrogen) atoms. The number of carbonyl (C=O) groups excluding carboxylic acids is 1. The molecule has 0 aliphatic rings. The molecule has 0 radical (unpaired) electrons. The number of aromatic amines is 1. The lowest BCUT2D eigenvalue weighted by Crippen LogP contribution is -2.28. The van der Waals surface area contributed by atoms with Crippen molar-refractivity contribution in [2.75, 3.05) is 18.5 Å². The van der Waals surface area contributed by atoms with E-state index in [9.17, 15) is 9.18 Å². The Morgan fingerprint density at radius 1 is 1.30 bits per heavy atom. The Bertz CT molecular complexity index is 1290. The van der Waals surface area contributed by atoms with Crippen LogP contribution in [-0.2, 0) is 0 Å². The van der Waals surface area contributed by atoms with Gasteiger partial charge in [0, 0.05) is 12.6 Å². The lowest BCUT2D eigenvalue weighted by molar-refractivity contribution is 0.0928. The Morgan fingerprint density at radius 2 is 2.12 bits per heavy atom. The lowest BCUT2D eigenvalue weighted by Gasteiger charge is -2.12. The van der Waals surface area contributed by atoms with Crippen LogP contribution in [0.15, 0.2) is 35.1 Å². The molecule has 1 aromatic carbocycles. The summed E-state index contributed by atoms with van der Waals surface area (Å²) in [5.41, 5.74) is 2.32. The van der Waals surface area contributed by atoms with Gasteiger partial charge in [-0.15, -0.1) is 0 Å². The molecule has 3 aromatic heterocycles. The third-order valence-corrected chi connectivity index (χ3v) is 5.28. The number of hydrogen-bond donors (Lipinski definition) is 4. The number of fused-ring (bicyclic) bond motifs is 1. The van der Waals surface area contributed by atoms with E-state index in [0.29, 0.717) is 33.9 Å². The number of H-pyrrole nitrogens is 1. The molecule has 0 saturated carbocycles. The molecule has 4 N–H and O–H groups in total. The first kappa shape index (κ1) is 22.6. The summed E-state index contributed by atoms with van der Waals surface area (Å²) >= 11 is 6.22. The number of amides is 1. The van der Waals surface area contributed by atoms with Crippen LogP contribution in [0.3, 0.4) is 0 Å². The fraction of sp³-hybridized carbons (Fsp3) is 0.286. The normalized spacial score (nSPS) is 13.1. The van der Waals surface area contributed by atoms with E-state index >= 15 is 0 Å². The minimum absolute atomic E-state index is 0.0196. The van der Waals surface area contributed by atoms with Crippen LogP contribution in [0.4, 0.5) is 10.2 Å². The van der Waals surface area contributed by atoms with Crippen molar-refractivity contribution >= 4 is 34.4 Å². The van der Waals surface area contributed by atoms with E-state index < -0.39 is 18.1 Å². The maximum Gasteiger partial charge on any atom is 0.272 e. The van der Waals surface area contributed by atoms with Gasteiger partial charge in [-0.3, -0.25) is 4.79 Å². The number of aliphatic hydroxyl groups is 1. The van der Waals surface area contributed by atoms with Gasteiger partial charge < -0.3 is 25.2 Å². The van der Waals surface area contributed by atoms with Crippen molar-refractivity contribution in [3.63, 3.8) is 0 Å². The van der Waals surface area contributed by atoms with Crippen LogP contribution in [0.1, 0.15) is 47.9 Å². The van der Waals surface area contributed by atoms with Crippen molar-refractivity contribution in [1.82, 2.24) is 30.4 Å². The smallest absolute Gasteiger partial charge is 0.272 e. The largest absolute Gasteiger partial charge is 0.395 e. The highest BCUT2D eigenvalue weighted by atomic mass is 35.5. The number of carbonyl (C=O) groups is 1. The van der Waals surface area contributed by atoms with Crippen molar-refractivity contribution in [3.8, 4) is 11.5 Å². The summed E-state index contributed by atoms with van der Waals surface area (Å²) in [5, 5.41) is 18.6. The van der Waals surface area contributed by atoms with Gasteiger partial charge in [-0.25, -0.2) is 19.3 Å². The number of nitrogens with one attached hydrogen (secondary N) is 3. The molecule has 0 saturated heterocycles. The molecule has 1 amide bonds. The van der Waals surface area contributed by atoms with E-state index in [2.05, 4.69) is 35.7 Å². The first-order chi connectivity index (χ1) is 15.9. The second kappa shape index (κ2) is 9.51. The molecule has 2 atom stereocenters. The number of aromatic nitrogens is 5. The number of rotatable bonds is 8. The van der Waals surface area contributed by atoms with Crippen LogP contribution in [0.5, 0.6) is 0 Å². The molecule has 3 heterocycles. The number of imidazole rings is 1. The van der Waals surface area contributed by atoms with E-state index in [4.69, 9.17) is 21.2 Å². The van der Waals surface area contributed by atoms with E-state index in [1.807, 2.05) is 0 Å². The number of nitrogens with zero attached hydrogens (tertiary/aromatic N) is 4. The second-order valence-corrected chi connectivity index (χ2v) is 7.70. The van der Waals surface area contributed by atoms with E-state index in [1.54, 1.807) is 31.2 Å².